The van der Waals surface area contributed by atoms with E-state index in [1.807, 2.05) is 0 Å². The van der Waals surface area contributed by atoms with Crippen LogP contribution in [0.15, 0.2) is 66.2 Å². The number of thiazole rings is 1. The van der Waals surface area contributed by atoms with E-state index in [9.17, 15) is 19.1 Å². The fourth-order valence-electron chi connectivity index (χ4n) is 3.78. The number of hydrogen-bond donors (Lipinski definition) is 1. The van der Waals surface area contributed by atoms with Crippen molar-refractivity contribution in [3.05, 3.63) is 98.2 Å². The molecule has 2 heterocycles. The first-order valence-electron chi connectivity index (χ1n) is 9.82. The Morgan fingerprint density at radius 1 is 0.971 bits per heavy atom. The Kier molecular flexibility index (Phi) is 5.81. The fourth-order valence-corrected chi connectivity index (χ4v) is 5.23. The third-order valence-electron chi connectivity index (χ3n) is 5.37. The summed E-state index contributed by atoms with van der Waals surface area (Å²) < 4.78 is 14.2. The zero-order valence-electron chi connectivity index (χ0n) is 16.9. The SMILES string of the molecule is O=C1C(=O)N(c2nc3ccc(F)cc3s2)C(c2ccc(Cl)c(Cl)c2)/C1=C(\O)c1ccc(Cl)cc1. The number of aliphatic hydroxyl groups is 1. The summed E-state index contributed by atoms with van der Waals surface area (Å²) in [7, 11) is 0. The van der Waals surface area contributed by atoms with E-state index < -0.39 is 23.5 Å². The Morgan fingerprint density at radius 2 is 1.71 bits per heavy atom. The summed E-state index contributed by atoms with van der Waals surface area (Å²) in [6.07, 6.45) is 0. The highest BCUT2D eigenvalue weighted by Crippen LogP contribution is 2.45. The number of fused-ring (bicyclic) bond motifs is 1. The van der Waals surface area contributed by atoms with Gasteiger partial charge in [-0.05, 0) is 60.2 Å². The monoisotopic (exact) mass is 532 g/mol. The van der Waals surface area contributed by atoms with Gasteiger partial charge in [0, 0.05) is 10.6 Å². The van der Waals surface area contributed by atoms with E-state index in [0.29, 0.717) is 26.4 Å². The normalized spacial score (nSPS) is 17.6. The zero-order chi connectivity index (χ0) is 24.1. The number of nitrogens with zero attached hydrogens (tertiary/aromatic N) is 2. The number of carbonyl (C=O) groups excluding carboxylic acids is 2. The van der Waals surface area contributed by atoms with Crippen molar-refractivity contribution >= 4 is 78.9 Å². The van der Waals surface area contributed by atoms with Gasteiger partial charge in [0.05, 0.1) is 31.9 Å². The van der Waals surface area contributed by atoms with Crippen LogP contribution in [-0.2, 0) is 9.59 Å². The van der Waals surface area contributed by atoms with E-state index in [2.05, 4.69) is 4.98 Å². The molecule has 1 fully saturated rings. The molecule has 170 valence electrons. The van der Waals surface area contributed by atoms with Crippen molar-refractivity contribution in [1.29, 1.82) is 0 Å². The summed E-state index contributed by atoms with van der Waals surface area (Å²) >= 11 is 19.3. The number of aromatic nitrogens is 1. The number of ketones is 1. The third-order valence-corrected chi connectivity index (χ3v) is 7.38. The van der Waals surface area contributed by atoms with E-state index in [0.717, 1.165) is 11.3 Å². The van der Waals surface area contributed by atoms with Crippen LogP contribution in [-0.4, -0.2) is 21.8 Å². The van der Waals surface area contributed by atoms with Gasteiger partial charge in [-0.15, -0.1) is 0 Å². The van der Waals surface area contributed by atoms with E-state index >= 15 is 0 Å². The van der Waals surface area contributed by atoms with Crippen LogP contribution >= 0.6 is 46.1 Å². The average molecular weight is 534 g/mol. The summed E-state index contributed by atoms with van der Waals surface area (Å²) in [6, 6.07) is 13.9. The number of benzene rings is 3. The highest BCUT2D eigenvalue weighted by Gasteiger charge is 2.48. The van der Waals surface area contributed by atoms with Crippen molar-refractivity contribution in [3.8, 4) is 0 Å². The zero-order valence-corrected chi connectivity index (χ0v) is 20.0. The lowest BCUT2D eigenvalue weighted by Crippen LogP contribution is -2.29. The molecule has 10 heteroatoms. The third kappa shape index (κ3) is 3.84. The molecule has 5 rings (SSSR count). The number of halogens is 4. The molecule has 4 aromatic rings. The van der Waals surface area contributed by atoms with Crippen molar-refractivity contribution in [2.24, 2.45) is 0 Å². The molecule has 1 atom stereocenters. The van der Waals surface area contributed by atoms with Crippen LogP contribution in [0, 0.1) is 5.82 Å². The summed E-state index contributed by atoms with van der Waals surface area (Å²) in [5.74, 6) is -2.60. The molecule has 0 spiro atoms. The van der Waals surface area contributed by atoms with Crippen molar-refractivity contribution < 1.29 is 19.1 Å². The number of hydrogen-bond acceptors (Lipinski definition) is 5. The molecule has 5 nitrogen and oxygen atoms in total. The number of Topliss-reactive ketones (excluding diaryl/α,β-unsaturated/α-hetero) is 1. The van der Waals surface area contributed by atoms with Crippen LogP contribution in [0.2, 0.25) is 15.1 Å². The summed E-state index contributed by atoms with van der Waals surface area (Å²) in [5.41, 5.74) is 1.07. The number of anilines is 1. The number of amides is 1. The van der Waals surface area contributed by atoms with E-state index in [-0.39, 0.29) is 26.5 Å². The van der Waals surface area contributed by atoms with Gasteiger partial charge >= 0.3 is 5.91 Å². The maximum absolute atomic E-state index is 13.7. The van der Waals surface area contributed by atoms with Crippen molar-refractivity contribution in [2.75, 3.05) is 4.90 Å². The Balaban J connectivity index is 1.74. The van der Waals surface area contributed by atoms with Crippen LogP contribution in [0.5, 0.6) is 0 Å². The molecular formula is C24H12Cl3FN2O3S. The standard InChI is InChI=1S/C24H12Cl3FN2O3S/c25-13-4-1-11(2-5-13)21(31)19-20(12-3-7-15(26)16(27)9-12)30(23(33)22(19)32)24-29-17-8-6-14(28)10-18(17)34-24/h1-10,20,31H/b21-19+. The second-order valence-corrected chi connectivity index (χ2v) is 9.72. The Bertz CT molecular complexity index is 1520. The summed E-state index contributed by atoms with van der Waals surface area (Å²) in [4.78, 5) is 32.1. The van der Waals surface area contributed by atoms with E-state index in [1.54, 1.807) is 18.2 Å². The number of aliphatic hydroxyl groups excluding tert-OH is 1. The van der Waals surface area contributed by atoms with Gasteiger partial charge in [-0.25, -0.2) is 9.37 Å². The maximum Gasteiger partial charge on any atom is 0.301 e. The first kappa shape index (κ1) is 22.8. The van der Waals surface area contributed by atoms with Crippen molar-refractivity contribution in [1.82, 2.24) is 4.98 Å². The summed E-state index contributed by atoms with van der Waals surface area (Å²) in [6.45, 7) is 0. The molecule has 1 unspecified atom stereocenters. The molecule has 0 aliphatic carbocycles. The lowest BCUT2D eigenvalue weighted by molar-refractivity contribution is -0.132. The van der Waals surface area contributed by atoms with Crippen LogP contribution in [0.4, 0.5) is 9.52 Å². The highest BCUT2D eigenvalue weighted by atomic mass is 35.5. The quantitative estimate of drug-likeness (QED) is 0.174. The number of carbonyl (C=O) groups is 2. The minimum atomic E-state index is -1.05. The first-order chi connectivity index (χ1) is 16.2. The first-order valence-corrected chi connectivity index (χ1v) is 11.8. The molecule has 1 saturated heterocycles. The molecule has 34 heavy (non-hydrogen) atoms. The fraction of sp³-hybridized carbons (Fsp3) is 0.0417. The van der Waals surface area contributed by atoms with Gasteiger partial charge in [0.25, 0.3) is 5.78 Å². The average Bonchev–Trinajstić information content (AvgIpc) is 3.33. The van der Waals surface area contributed by atoms with E-state index in [4.69, 9.17) is 34.8 Å². The molecule has 1 amide bonds. The van der Waals surface area contributed by atoms with Crippen molar-refractivity contribution in [3.63, 3.8) is 0 Å². The molecule has 1 aromatic heterocycles. The Labute approximate surface area is 211 Å². The maximum atomic E-state index is 13.7. The van der Waals surface area contributed by atoms with Crippen LogP contribution < -0.4 is 4.90 Å². The molecular weight excluding hydrogens is 522 g/mol. The van der Waals surface area contributed by atoms with Gasteiger partial charge in [0.15, 0.2) is 5.13 Å². The molecule has 0 saturated carbocycles. The van der Waals surface area contributed by atoms with Gasteiger partial charge in [-0.1, -0.05) is 52.2 Å². The van der Waals surface area contributed by atoms with Gasteiger partial charge in [0.1, 0.15) is 11.6 Å². The molecule has 3 aromatic carbocycles. The minimum Gasteiger partial charge on any atom is -0.507 e. The lowest BCUT2D eigenvalue weighted by atomic mass is 9.95. The van der Waals surface area contributed by atoms with Gasteiger partial charge < -0.3 is 5.11 Å². The second-order valence-electron chi connectivity index (χ2n) is 7.46. The molecule has 0 bridgehead atoms. The van der Waals surface area contributed by atoms with Crippen LogP contribution in [0.1, 0.15) is 17.2 Å². The largest absolute Gasteiger partial charge is 0.507 e. The van der Waals surface area contributed by atoms with Gasteiger partial charge in [0.2, 0.25) is 0 Å². The van der Waals surface area contributed by atoms with E-state index in [1.165, 1.54) is 47.4 Å². The molecule has 1 N–H and O–H groups in total. The molecule has 0 radical (unpaired) electrons. The number of rotatable bonds is 3. The highest BCUT2D eigenvalue weighted by molar-refractivity contribution is 7.22. The Morgan fingerprint density at radius 3 is 2.41 bits per heavy atom. The van der Waals surface area contributed by atoms with Gasteiger partial charge in [-0.2, -0.15) is 0 Å². The molecule has 1 aliphatic heterocycles. The van der Waals surface area contributed by atoms with Crippen LogP contribution in [0.25, 0.3) is 16.0 Å². The predicted molar refractivity (Wildman–Crippen MR) is 132 cm³/mol. The second kappa shape index (κ2) is 8.67. The lowest BCUT2D eigenvalue weighted by Gasteiger charge is -2.23. The molecule has 1 aliphatic rings. The minimum absolute atomic E-state index is 0.142. The predicted octanol–water partition coefficient (Wildman–Crippen LogP) is 7.02. The summed E-state index contributed by atoms with van der Waals surface area (Å²) in [5, 5.41) is 12.2. The van der Waals surface area contributed by atoms with Gasteiger partial charge in [-0.3, -0.25) is 14.5 Å². The van der Waals surface area contributed by atoms with Crippen LogP contribution in [0.3, 0.4) is 0 Å². The topological polar surface area (TPSA) is 70.5 Å². The smallest absolute Gasteiger partial charge is 0.301 e. The van der Waals surface area contributed by atoms with Crippen molar-refractivity contribution in [2.45, 2.75) is 6.04 Å². The Hall–Kier alpha value is -2.97.